The van der Waals surface area contributed by atoms with Gasteiger partial charge < -0.3 is 24.4 Å². The maximum absolute atomic E-state index is 8.40. The highest BCUT2D eigenvalue weighted by Crippen LogP contribution is 2.19. The lowest BCUT2D eigenvalue weighted by Crippen LogP contribution is -2.47. The minimum absolute atomic E-state index is 0. The number of morpholine rings is 1. The zero-order valence-electron chi connectivity index (χ0n) is 41.3. The van der Waals surface area contributed by atoms with E-state index in [-0.39, 0.29) is 60.0 Å². The Bertz CT molecular complexity index is 1240. The number of piperazine rings is 1. The lowest BCUT2D eigenvalue weighted by Gasteiger charge is -2.36. The molecule has 62 heavy (non-hydrogen) atoms. The van der Waals surface area contributed by atoms with Gasteiger partial charge in [-0.2, -0.15) is 0 Å². The molecule has 4 heterocycles. The van der Waals surface area contributed by atoms with Crippen LogP contribution in [0.1, 0.15) is 179 Å². The first-order valence-electron chi connectivity index (χ1n) is 21.1. The number of likely N-dealkylation sites (N-methyl/N-ethyl adjacent to an activating group) is 1. The summed E-state index contributed by atoms with van der Waals surface area (Å²) in [6.07, 6.45) is 8.87. The van der Waals surface area contributed by atoms with Crippen LogP contribution in [0.4, 0.5) is 0 Å². The smallest absolute Gasteiger partial charge is 0.0640 e. The third kappa shape index (κ3) is 47.4. The topological polar surface area (TPSA) is 100.0 Å². The van der Waals surface area contributed by atoms with E-state index in [2.05, 4.69) is 146 Å². The van der Waals surface area contributed by atoms with Gasteiger partial charge in [0.2, 0.25) is 0 Å². The fourth-order valence-electron chi connectivity index (χ4n) is 5.01. The Hall–Kier alpha value is -2.08. The van der Waals surface area contributed by atoms with Crippen LogP contribution >= 0.6 is 0 Å². The summed E-state index contributed by atoms with van der Waals surface area (Å²) in [5, 5.41) is 8.40. The van der Waals surface area contributed by atoms with Gasteiger partial charge in [-0.3, -0.25) is 24.8 Å². The van der Waals surface area contributed by atoms with Crippen LogP contribution < -0.4 is 0 Å². The van der Waals surface area contributed by atoms with E-state index in [0.29, 0.717) is 16.2 Å². The van der Waals surface area contributed by atoms with E-state index in [1.807, 2.05) is 33.9 Å². The fourth-order valence-corrected chi connectivity index (χ4v) is 5.01. The molecule has 2 aromatic heterocycles. The van der Waals surface area contributed by atoms with Crippen molar-refractivity contribution in [3.63, 3.8) is 0 Å². The summed E-state index contributed by atoms with van der Waals surface area (Å²) in [7, 11) is 3.93. The molecular formula is C52H113N7O3. The van der Waals surface area contributed by atoms with Crippen LogP contribution in [0.2, 0.25) is 0 Å². The first-order chi connectivity index (χ1) is 25.8. The molecule has 2 aliphatic heterocycles. The van der Waals surface area contributed by atoms with Gasteiger partial charge in [-0.05, 0) is 35.6 Å². The van der Waals surface area contributed by atoms with Crippen LogP contribution in [-0.4, -0.2) is 133 Å². The fraction of sp³-hybridized carbons (Fsp3) is 0.846. The van der Waals surface area contributed by atoms with Crippen molar-refractivity contribution in [2.24, 2.45) is 21.7 Å². The molecule has 10 nitrogen and oxygen atoms in total. The molecule has 0 bridgehead atoms. The van der Waals surface area contributed by atoms with E-state index < -0.39 is 0 Å². The number of methoxy groups -OCH3 is 1. The van der Waals surface area contributed by atoms with Crippen molar-refractivity contribution in [2.75, 3.05) is 92.9 Å². The van der Waals surface area contributed by atoms with Crippen molar-refractivity contribution in [2.45, 2.75) is 180 Å². The van der Waals surface area contributed by atoms with Crippen molar-refractivity contribution in [3.05, 3.63) is 48.1 Å². The molecule has 4 rings (SSSR count). The number of hydrogen-bond donors (Lipinski definition) is 1. The summed E-state index contributed by atoms with van der Waals surface area (Å²) < 4.78 is 10.2. The lowest BCUT2D eigenvalue weighted by molar-refractivity contribution is 0.0236. The SMILES string of the molecule is C.C.C.C.C.CC(C)(C)CN1CCOCC1.CC(C)(C)CO.CC(C)(C)c1cnccn1.CN1CCN(CC(C)(C)C)CC1.COCC(C)(C)C.Cc1cnc(C(C)(C)C)cn1. The first kappa shape index (κ1) is 74.3. The largest absolute Gasteiger partial charge is 0.396 e. The Morgan fingerprint density at radius 3 is 1.21 bits per heavy atom. The van der Waals surface area contributed by atoms with Crippen LogP contribution in [0.25, 0.3) is 0 Å². The monoisotopic (exact) mass is 884 g/mol. The summed E-state index contributed by atoms with van der Waals surface area (Å²) in [5.41, 5.74) is 4.59. The maximum atomic E-state index is 8.40. The molecule has 0 unspecified atom stereocenters. The molecule has 0 spiro atoms. The Labute approximate surface area is 390 Å². The molecule has 0 amide bonds. The third-order valence-corrected chi connectivity index (χ3v) is 8.03. The Balaban J connectivity index is -0.000000117. The molecule has 0 atom stereocenters. The van der Waals surface area contributed by atoms with Crippen LogP contribution in [0, 0.1) is 28.6 Å². The Morgan fingerprint density at radius 2 is 0.952 bits per heavy atom. The second kappa shape index (κ2) is 35.2. The highest BCUT2D eigenvalue weighted by molar-refractivity contribution is 5.10. The molecule has 2 aromatic rings. The second-order valence-corrected chi connectivity index (χ2v) is 22.4. The number of nitrogens with zero attached hydrogens (tertiary/aromatic N) is 7. The highest BCUT2D eigenvalue weighted by atomic mass is 16.5. The van der Waals surface area contributed by atoms with Crippen molar-refractivity contribution < 1.29 is 14.6 Å². The minimum Gasteiger partial charge on any atom is -0.396 e. The number of ether oxygens (including phenoxy) is 2. The van der Waals surface area contributed by atoms with Crippen LogP contribution in [0.3, 0.4) is 0 Å². The van der Waals surface area contributed by atoms with E-state index in [1.54, 1.807) is 31.9 Å². The molecule has 2 fully saturated rings. The molecule has 374 valence electrons. The summed E-state index contributed by atoms with van der Waals surface area (Å²) >= 11 is 0. The summed E-state index contributed by atoms with van der Waals surface area (Å²) in [6.45, 7) is 53.4. The Morgan fingerprint density at radius 1 is 0.548 bits per heavy atom. The average Bonchev–Trinajstić information content (AvgIpc) is 3.05. The maximum Gasteiger partial charge on any atom is 0.0640 e. The molecular weight excluding hydrogens is 771 g/mol. The zero-order valence-corrected chi connectivity index (χ0v) is 41.3. The Kier molecular flexibility index (Phi) is 42.2. The van der Waals surface area contributed by atoms with Crippen LogP contribution in [0.5, 0.6) is 0 Å². The van der Waals surface area contributed by atoms with Crippen LogP contribution in [-0.2, 0) is 20.3 Å². The van der Waals surface area contributed by atoms with Gasteiger partial charge in [0.1, 0.15) is 0 Å². The quantitative estimate of drug-likeness (QED) is 0.321. The molecule has 2 saturated heterocycles. The lowest BCUT2D eigenvalue weighted by atomic mass is 9.93. The predicted molar refractivity (Wildman–Crippen MR) is 278 cm³/mol. The van der Waals surface area contributed by atoms with E-state index in [1.165, 1.54) is 39.3 Å². The summed E-state index contributed by atoms with van der Waals surface area (Å²) in [5.74, 6) is 0. The van der Waals surface area contributed by atoms with Gasteiger partial charge in [-0.25, -0.2) is 0 Å². The van der Waals surface area contributed by atoms with E-state index in [0.717, 1.165) is 50.0 Å². The number of rotatable bonds is 3. The molecule has 0 aromatic carbocycles. The van der Waals surface area contributed by atoms with Gasteiger partial charge in [0, 0.05) is 108 Å². The third-order valence-electron chi connectivity index (χ3n) is 8.03. The van der Waals surface area contributed by atoms with Gasteiger partial charge in [-0.15, -0.1) is 0 Å². The predicted octanol–water partition coefficient (Wildman–Crippen LogP) is 12.4. The second-order valence-electron chi connectivity index (χ2n) is 22.4. The molecule has 2 aliphatic rings. The van der Waals surface area contributed by atoms with Crippen LogP contribution in [0.15, 0.2) is 31.0 Å². The zero-order chi connectivity index (χ0) is 44.7. The number of hydrogen-bond acceptors (Lipinski definition) is 10. The summed E-state index contributed by atoms with van der Waals surface area (Å²) in [4.78, 5) is 24.1. The molecule has 1 N–H and O–H groups in total. The number of aromatic nitrogens is 4. The van der Waals surface area contributed by atoms with Gasteiger partial charge in [0.05, 0.1) is 36.9 Å². The van der Waals surface area contributed by atoms with E-state index in [4.69, 9.17) is 14.6 Å². The van der Waals surface area contributed by atoms with Gasteiger partial charge in [0.15, 0.2) is 0 Å². The first-order valence-corrected chi connectivity index (χ1v) is 21.1. The van der Waals surface area contributed by atoms with Gasteiger partial charge >= 0.3 is 0 Å². The standard InChI is InChI=1S/C10H22N2.C9H14N2.C9H19NO.C8H12N2.C6H14O.C5H12O.5CH4/c1-10(2,3)9-12-7-5-11(4)6-8-12;1-7-5-11-8(6-10-7)9(2,3)4;1-9(2,3)8-10-4-6-11-7-5-10;1-8(2,3)7-6-9-4-5-10-7;1-6(2,3)5-7-4;1-5(2,3)4-6;;;;;/h5-9H2,1-4H3;5-6H,1-4H3;4-8H2,1-3H3;4-6H,1-3H3;5H2,1-4H3;6H,4H2,1-3H3;5*1H4. The number of aryl methyl sites for hydroxylation is 1. The average molecular weight is 885 g/mol. The summed E-state index contributed by atoms with van der Waals surface area (Å²) in [6, 6.07) is 0. The van der Waals surface area contributed by atoms with Crippen molar-refractivity contribution in [1.82, 2.24) is 34.6 Å². The van der Waals surface area contributed by atoms with Crippen molar-refractivity contribution in [3.8, 4) is 0 Å². The number of aliphatic hydroxyl groups excluding tert-OH is 1. The normalized spacial score (nSPS) is 14.8. The molecule has 0 aliphatic carbocycles. The van der Waals surface area contributed by atoms with Gasteiger partial charge in [0.25, 0.3) is 0 Å². The van der Waals surface area contributed by atoms with Crippen molar-refractivity contribution in [1.29, 1.82) is 0 Å². The minimum atomic E-state index is 0. The molecule has 0 saturated carbocycles. The number of aliphatic hydroxyl groups is 1. The molecule has 0 radical (unpaired) electrons. The van der Waals surface area contributed by atoms with Crippen molar-refractivity contribution >= 4 is 0 Å². The van der Waals surface area contributed by atoms with Gasteiger partial charge in [-0.1, -0.05) is 162 Å². The highest BCUT2D eigenvalue weighted by Gasteiger charge is 2.20. The molecule has 10 heteroatoms. The van der Waals surface area contributed by atoms with E-state index in [9.17, 15) is 0 Å². The van der Waals surface area contributed by atoms with E-state index >= 15 is 0 Å².